The van der Waals surface area contributed by atoms with E-state index in [9.17, 15) is 13.2 Å². The van der Waals surface area contributed by atoms with Crippen molar-refractivity contribution in [3.8, 4) is 0 Å². The molecule has 2 aliphatic heterocycles. The zero-order valence-corrected chi connectivity index (χ0v) is 16.2. The summed E-state index contributed by atoms with van der Waals surface area (Å²) in [5.41, 5.74) is 1.83. The van der Waals surface area contributed by atoms with Crippen molar-refractivity contribution in [3.05, 3.63) is 23.8 Å². The molecule has 0 aromatic heterocycles. The number of ether oxygens (including phenoxy) is 1. The van der Waals surface area contributed by atoms with Crippen LogP contribution in [-0.2, 0) is 26.0 Å². The van der Waals surface area contributed by atoms with E-state index in [-0.39, 0.29) is 23.9 Å². The fraction of sp³-hybridized carbons (Fsp3) is 0.632. The normalized spacial score (nSPS) is 27.2. The molecule has 2 heterocycles. The van der Waals surface area contributed by atoms with Crippen molar-refractivity contribution in [2.45, 2.75) is 56.5 Å². The zero-order chi connectivity index (χ0) is 18.5. The lowest BCUT2D eigenvalue weighted by atomic mass is 9.84. The maximum atomic E-state index is 13.2. The first-order valence-corrected chi connectivity index (χ1v) is 10.9. The minimum atomic E-state index is -3.58. The Morgan fingerprint density at radius 2 is 1.85 bits per heavy atom. The van der Waals surface area contributed by atoms with Gasteiger partial charge in [0.25, 0.3) is 0 Å². The number of anilines is 1. The van der Waals surface area contributed by atoms with Crippen molar-refractivity contribution in [1.82, 2.24) is 4.31 Å². The van der Waals surface area contributed by atoms with Gasteiger partial charge in [-0.2, -0.15) is 4.31 Å². The van der Waals surface area contributed by atoms with Crippen molar-refractivity contribution >= 4 is 21.6 Å². The van der Waals surface area contributed by atoms with Crippen LogP contribution >= 0.6 is 0 Å². The smallest absolute Gasteiger partial charge is 0.243 e. The van der Waals surface area contributed by atoms with Crippen LogP contribution in [0.3, 0.4) is 0 Å². The summed E-state index contributed by atoms with van der Waals surface area (Å²) in [6, 6.07) is 4.84. The van der Waals surface area contributed by atoms with Crippen LogP contribution in [0.5, 0.6) is 0 Å². The van der Waals surface area contributed by atoms with E-state index in [1.807, 2.05) is 24.8 Å². The van der Waals surface area contributed by atoms with Crippen LogP contribution in [0.4, 0.5) is 5.69 Å². The Bertz CT molecular complexity index is 809. The highest BCUT2D eigenvalue weighted by Gasteiger charge is 2.38. The summed E-state index contributed by atoms with van der Waals surface area (Å²) in [6.07, 6.45) is 3.80. The summed E-state index contributed by atoms with van der Waals surface area (Å²) in [7, 11) is -3.58. The number of hydrogen-bond acceptors (Lipinski definition) is 4. The summed E-state index contributed by atoms with van der Waals surface area (Å²) in [5, 5.41) is 0. The zero-order valence-electron chi connectivity index (χ0n) is 15.3. The van der Waals surface area contributed by atoms with E-state index in [4.69, 9.17) is 4.74 Å². The van der Waals surface area contributed by atoms with E-state index >= 15 is 0 Å². The molecule has 6 nitrogen and oxygen atoms in total. The predicted octanol–water partition coefficient (Wildman–Crippen LogP) is 2.17. The first-order chi connectivity index (χ1) is 12.4. The minimum absolute atomic E-state index is 0.152. The molecule has 1 aromatic carbocycles. The van der Waals surface area contributed by atoms with E-state index in [2.05, 4.69) is 0 Å². The monoisotopic (exact) mass is 378 g/mol. The number of hydrogen-bond donors (Lipinski definition) is 0. The molecule has 0 spiro atoms. The highest BCUT2D eigenvalue weighted by atomic mass is 32.2. The van der Waals surface area contributed by atoms with Gasteiger partial charge in [-0.25, -0.2) is 8.42 Å². The van der Waals surface area contributed by atoms with Gasteiger partial charge in [-0.15, -0.1) is 0 Å². The Hall–Kier alpha value is -1.44. The number of nitrogens with zero attached hydrogens (tertiary/aromatic N) is 2. The topological polar surface area (TPSA) is 66.9 Å². The standard InChI is InChI=1S/C19H26N2O4S/c1-13-11-25-12-14(2)21(13)26(23,24)17-6-7-18-16(10-17)8-9-20(18)19(22)15-4-3-5-15/h6-7,10,13-15H,3-5,8-9,11-12H2,1-2H3. The fourth-order valence-corrected chi connectivity index (χ4v) is 6.07. The van der Waals surface area contributed by atoms with E-state index < -0.39 is 10.0 Å². The van der Waals surface area contributed by atoms with Gasteiger partial charge in [0.1, 0.15) is 0 Å². The van der Waals surface area contributed by atoms with E-state index in [1.165, 1.54) is 0 Å². The Kier molecular flexibility index (Phi) is 4.57. The van der Waals surface area contributed by atoms with Crippen LogP contribution in [-0.4, -0.2) is 50.5 Å². The molecule has 2 fully saturated rings. The molecule has 0 bridgehead atoms. The minimum Gasteiger partial charge on any atom is -0.378 e. The molecule has 4 rings (SSSR count). The van der Waals surface area contributed by atoms with E-state index in [0.29, 0.717) is 31.1 Å². The van der Waals surface area contributed by atoms with Crippen LogP contribution < -0.4 is 4.90 Å². The highest BCUT2D eigenvalue weighted by Crippen LogP contribution is 2.36. The van der Waals surface area contributed by atoms with Crippen LogP contribution in [0.15, 0.2) is 23.1 Å². The summed E-state index contributed by atoms with van der Waals surface area (Å²) >= 11 is 0. The van der Waals surface area contributed by atoms with Gasteiger partial charge in [0.05, 0.1) is 18.1 Å². The molecule has 7 heteroatoms. The molecule has 1 amide bonds. The van der Waals surface area contributed by atoms with Crippen molar-refractivity contribution in [2.24, 2.45) is 5.92 Å². The van der Waals surface area contributed by atoms with Crippen molar-refractivity contribution < 1.29 is 17.9 Å². The molecule has 1 saturated carbocycles. The van der Waals surface area contributed by atoms with Crippen molar-refractivity contribution in [2.75, 3.05) is 24.7 Å². The number of benzene rings is 1. The third-order valence-corrected chi connectivity index (χ3v) is 7.95. The second-order valence-electron chi connectivity index (χ2n) is 7.73. The van der Waals surface area contributed by atoms with Gasteiger partial charge in [-0.3, -0.25) is 4.79 Å². The summed E-state index contributed by atoms with van der Waals surface area (Å²) in [4.78, 5) is 14.7. The molecule has 2 atom stereocenters. The molecule has 2 unspecified atom stereocenters. The number of carbonyl (C=O) groups is 1. The molecule has 1 aromatic rings. The fourth-order valence-electron chi connectivity index (χ4n) is 4.23. The van der Waals surface area contributed by atoms with Crippen LogP contribution in [0, 0.1) is 5.92 Å². The molecule has 142 valence electrons. The average Bonchev–Trinajstić information content (AvgIpc) is 2.95. The first-order valence-electron chi connectivity index (χ1n) is 9.45. The molecular formula is C19H26N2O4S. The second kappa shape index (κ2) is 6.62. The van der Waals surface area contributed by atoms with Gasteiger partial charge in [-0.1, -0.05) is 6.42 Å². The third-order valence-electron chi connectivity index (χ3n) is 5.83. The molecule has 1 aliphatic carbocycles. The molecule has 1 saturated heterocycles. The van der Waals surface area contributed by atoms with E-state index in [1.54, 1.807) is 16.4 Å². The third kappa shape index (κ3) is 2.86. The first kappa shape index (κ1) is 17.9. The van der Waals surface area contributed by atoms with Gasteiger partial charge < -0.3 is 9.64 Å². The number of morpholine rings is 1. The molecular weight excluding hydrogens is 352 g/mol. The number of amides is 1. The second-order valence-corrected chi connectivity index (χ2v) is 9.57. The van der Waals surface area contributed by atoms with Gasteiger partial charge in [0, 0.05) is 30.2 Å². The maximum absolute atomic E-state index is 13.2. The lowest BCUT2D eigenvalue weighted by Crippen LogP contribution is -2.52. The van der Waals surface area contributed by atoms with Gasteiger partial charge in [0.2, 0.25) is 15.9 Å². The highest BCUT2D eigenvalue weighted by molar-refractivity contribution is 7.89. The Morgan fingerprint density at radius 1 is 1.15 bits per heavy atom. The van der Waals surface area contributed by atoms with Crippen molar-refractivity contribution in [3.63, 3.8) is 0 Å². The summed E-state index contributed by atoms with van der Waals surface area (Å²) in [5.74, 6) is 0.348. The molecule has 3 aliphatic rings. The van der Waals surface area contributed by atoms with Gasteiger partial charge in [-0.05, 0) is 56.9 Å². The largest absolute Gasteiger partial charge is 0.378 e. The number of fused-ring (bicyclic) bond motifs is 1. The molecule has 0 N–H and O–H groups in total. The number of rotatable bonds is 3. The summed E-state index contributed by atoms with van der Waals surface area (Å²) < 4.78 is 33.4. The average molecular weight is 378 g/mol. The number of carbonyl (C=O) groups excluding carboxylic acids is 1. The Balaban J connectivity index is 1.62. The van der Waals surface area contributed by atoms with Crippen LogP contribution in [0.25, 0.3) is 0 Å². The molecule has 26 heavy (non-hydrogen) atoms. The van der Waals surface area contributed by atoms with Gasteiger partial charge in [0.15, 0.2) is 0 Å². The lowest BCUT2D eigenvalue weighted by molar-refractivity contribution is -0.124. The van der Waals surface area contributed by atoms with E-state index in [0.717, 1.165) is 30.5 Å². The maximum Gasteiger partial charge on any atom is 0.243 e. The SMILES string of the molecule is CC1COCC(C)N1S(=O)(=O)c1ccc2c(c1)CCN2C(=O)C1CCC1. The van der Waals surface area contributed by atoms with Gasteiger partial charge >= 0.3 is 0 Å². The number of sulfonamides is 1. The Morgan fingerprint density at radius 3 is 2.46 bits per heavy atom. The summed E-state index contributed by atoms with van der Waals surface area (Å²) in [6.45, 7) is 5.23. The van der Waals surface area contributed by atoms with Crippen molar-refractivity contribution in [1.29, 1.82) is 0 Å². The molecule has 0 radical (unpaired) electrons. The van der Waals surface area contributed by atoms with Crippen LogP contribution in [0.1, 0.15) is 38.7 Å². The predicted molar refractivity (Wildman–Crippen MR) is 98.6 cm³/mol. The Labute approximate surface area is 155 Å². The van der Waals surface area contributed by atoms with Crippen LogP contribution in [0.2, 0.25) is 0 Å². The quantitative estimate of drug-likeness (QED) is 0.809. The lowest BCUT2D eigenvalue weighted by Gasteiger charge is -2.37.